The van der Waals surface area contributed by atoms with Crippen LogP contribution in [-0.4, -0.2) is 59.2 Å². The molecule has 0 aromatic heterocycles. The second-order valence-electron chi connectivity index (χ2n) is 12.0. The summed E-state index contributed by atoms with van der Waals surface area (Å²) in [4.78, 5) is 0.209. The van der Waals surface area contributed by atoms with E-state index in [0.717, 1.165) is 0 Å². The van der Waals surface area contributed by atoms with Crippen LogP contribution in [0.1, 0.15) is 116 Å². The van der Waals surface area contributed by atoms with Crippen LogP contribution < -0.4 is 0 Å². The van der Waals surface area contributed by atoms with Gasteiger partial charge in [-0.3, -0.25) is 0 Å². The van der Waals surface area contributed by atoms with Crippen LogP contribution in [-0.2, 0) is 23.5 Å². The fraction of sp³-hybridized carbons (Fsp3) is 0.767. The van der Waals surface area contributed by atoms with Crippen molar-refractivity contribution in [1.29, 1.82) is 0 Å². The van der Waals surface area contributed by atoms with Gasteiger partial charge >= 0.3 is 133 Å². The molecule has 3 aliphatic rings. The number of rotatable bonds is 8. The maximum absolute atomic E-state index is 12.1. The van der Waals surface area contributed by atoms with Crippen molar-refractivity contribution in [3.05, 3.63) is 23.8 Å². The Kier molecular flexibility index (Phi) is 14.7. The fourth-order valence-electron chi connectivity index (χ4n) is 6.77. The summed E-state index contributed by atoms with van der Waals surface area (Å²) in [6.07, 6.45) is 23.9. The molecule has 226 valence electrons. The van der Waals surface area contributed by atoms with Gasteiger partial charge in [0.2, 0.25) is 0 Å². The molecule has 0 aliphatic heterocycles. The SMILES string of the molecule is C1CCC([PH+](C2CCCCC2)C2CCCCC2)CC1.CC(C)[OH+]c1ccc(S(=O)(=O)N(C)C)cc1[CH]=[Ru]([Cl])[Cl]. The monoisotopic (exact) mass is 709 g/mol. The normalized spacial score (nSPS) is 20.6. The summed E-state index contributed by atoms with van der Waals surface area (Å²) in [6.45, 7) is 3.90. The number of benzene rings is 1. The Morgan fingerprint density at radius 1 is 0.846 bits per heavy atom. The standard InChI is InChI=1S/C18H33P.C12H17NO3S.2ClH.Ru/c1-4-10-16(11-5-1)19(17-12-6-2-7-13-17)18-14-8-3-9-15-18;1-9(2)16-12-7-6-11(8-10(12)3)17(14,15)13(4)5;;;/h16-18H,1-15H2;3,6-9H,1-2,4-5H3;2*1H;/q;;;;+2. The maximum atomic E-state index is 12.1. The second kappa shape index (κ2) is 16.9. The van der Waals surface area contributed by atoms with Gasteiger partial charge < -0.3 is 0 Å². The van der Waals surface area contributed by atoms with E-state index in [1.54, 1.807) is 119 Å². The van der Waals surface area contributed by atoms with Crippen LogP contribution >= 0.6 is 27.3 Å². The first-order chi connectivity index (χ1) is 18.6. The van der Waals surface area contributed by atoms with E-state index in [9.17, 15) is 8.42 Å². The number of halogens is 2. The van der Waals surface area contributed by atoms with Gasteiger partial charge in [0, 0.05) is 7.92 Å². The minimum absolute atomic E-state index is 0.0465. The molecular weight excluding hydrogens is 657 g/mol. The minimum atomic E-state index is -3.48. The molecular formula is C30H52Cl2NO3PRuS+2. The van der Waals surface area contributed by atoms with Gasteiger partial charge in [-0.1, -0.05) is 19.3 Å². The van der Waals surface area contributed by atoms with E-state index >= 15 is 0 Å². The molecule has 0 unspecified atom stereocenters. The molecule has 0 heterocycles. The van der Waals surface area contributed by atoms with Gasteiger partial charge in [0.15, 0.2) is 0 Å². The Labute approximate surface area is 253 Å². The molecule has 3 saturated carbocycles. The van der Waals surface area contributed by atoms with Crippen molar-refractivity contribution < 1.29 is 26.7 Å². The Morgan fingerprint density at radius 3 is 1.64 bits per heavy atom. The van der Waals surface area contributed by atoms with Crippen molar-refractivity contribution in [3.8, 4) is 5.75 Å². The zero-order valence-electron chi connectivity index (χ0n) is 24.5. The van der Waals surface area contributed by atoms with Gasteiger partial charge in [0.05, 0.1) is 17.0 Å². The van der Waals surface area contributed by atoms with Crippen LogP contribution in [0.5, 0.6) is 5.75 Å². The Hall–Kier alpha value is 0.433. The summed E-state index contributed by atoms with van der Waals surface area (Å²) >= 11 is -2.06. The van der Waals surface area contributed by atoms with Crippen molar-refractivity contribution >= 4 is 41.9 Å². The Balaban J connectivity index is 0.000000216. The zero-order valence-corrected chi connectivity index (χ0v) is 29.5. The van der Waals surface area contributed by atoms with Gasteiger partial charge in [-0.05, 0) is 77.0 Å². The van der Waals surface area contributed by atoms with Crippen molar-refractivity contribution in [2.45, 2.75) is 138 Å². The van der Waals surface area contributed by atoms with E-state index in [1.165, 1.54) is 35.4 Å². The molecule has 39 heavy (non-hydrogen) atoms. The van der Waals surface area contributed by atoms with Gasteiger partial charge in [0.25, 0.3) is 0 Å². The van der Waals surface area contributed by atoms with Crippen LogP contribution in [0.25, 0.3) is 0 Å². The number of nitrogens with zero attached hydrogens (tertiary/aromatic N) is 1. The molecule has 9 heteroatoms. The summed E-state index contributed by atoms with van der Waals surface area (Å²) in [6, 6.07) is 4.81. The molecule has 0 bridgehead atoms. The first-order valence-electron chi connectivity index (χ1n) is 15.1. The summed E-state index contributed by atoms with van der Waals surface area (Å²) < 4.78 is 31.6. The topological polar surface area (TPSA) is 50.2 Å². The number of aromatic hydroxyl groups is 1. The quantitative estimate of drug-likeness (QED) is 0.154. The number of aliphatic hydroxyl groups is 1. The van der Waals surface area contributed by atoms with Gasteiger partial charge in [-0.2, -0.15) is 0 Å². The Morgan fingerprint density at radius 2 is 1.28 bits per heavy atom. The van der Waals surface area contributed by atoms with E-state index in [-0.39, 0.29) is 18.9 Å². The molecule has 0 amide bonds. The molecule has 0 radical (unpaired) electrons. The molecule has 0 saturated heterocycles. The molecule has 1 N–H and O–H groups in total. The number of sulfonamides is 1. The third-order valence-electron chi connectivity index (χ3n) is 8.59. The molecule has 3 aliphatic carbocycles. The average Bonchev–Trinajstić information content (AvgIpc) is 2.91. The van der Waals surface area contributed by atoms with Crippen molar-refractivity contribution in [2.75, 3.05) is 14.1 Å². The number of hydrogen-bond donors (Lipinski definition) is 0. The van der Waals surface area contributed by atoms with Gasteiger partial charge in [-0.15, -0.1) is 0 Å². The van der Waals surface area contributed by atoms with E-state index < -0.39 is 23.5 Å². The summed E-state index contributed by atoms with van der Waals surface area (Å²) in [7, 11) is 11.3. The second-order valence-corrected chi connectivity index (χ2v) is 23.4. The third-order valence-corrected chi connectivity index (χ3v) is 16.8. The summed E-state index contributed by atoms with van der Waals surface area (Å²) in [5.41, 5.74) is 4.35. The molecule has 4 rings (SSSR count). The Bertz CT molecular complexity index is 972. The number of hydrogen-bond acceptors (Lipinski definition) is 2. The van der Waals surface area contributed by atoms with Crippen LogP contribution in [0, 0.1) is 0 Å². The molecule has 0 spiro atoms. The van der Waals surface area contributed by atoms with E-state index in [1.807, 2.05) is 13.8 Å². The summed E-state index contributed by atoms with van der Waals surface area (Å²) in [5, 5.41) is 0. The molecule has 1 aromatic carbocycles. The van der Waals surface area contributed by atoms with Gasteiger partial charge in [-0.25, -0.2) is 0 Å². The van der Waals surface area contributed by atoms with Crippen LogP contribution in [0.2, 0.25) is 0 Å². The molecule has 4 nitrogen and oxygen atoms in total. The molecule has 0 atom stereocenters. The van der Waals surface area contributed by atoms with Crippen LogP contribution in [0.4, 0.5) is 0 Å². The predicted octanol–water partition coefficient (Wildman–Crippen LogP) is 8.86. The molecule has 1 aromatic rings. The van der Waals surface area contributed by atoms with Crippen molar-refractivity contribution in [1.82, 2.24) is 4.31 Å². The molecule has 3 fully saturated rings. The number of ether oxygens (including phenoxy) is 1. The predicted molar refractivity (Wildman–Crippen MR) is 170 cm³/mol. The van der Waals surface area contributed by atoms with Crippen LogP contribution in [0.15, 0.2) is 23.1 Å². The van der Waals surface area contributed by atoms with Crippen molar-refractivity contribution in [2.24, 2.45) is 0 Å². The average molecular weight is 710 g/mol. The first kappa shape index (κ1) is 33.9. The zero-order chi connectivity index (χ0) is 28.4. The van der Waals surface area contributed by atoms with Gasteiger partial charge in [0.1, 0.15) is 0 Å². The van der Waals surface area contributed by atoms with E-state index in [2.05, 4.69) is 4.74 Å². The van der Waals surface area contributed by atoms with E-state index in [0.29, 0.717) is 11.3 Å². The van der Waals surface area contributed by atoms with Crippen LogP contribution in [0.3, 0.4) is 0 Å². The third kappa shape index (κ3) is 10.6. The summed E-state index contributed by atoms with van der Waals surface area (Å²) in [5.74, 6) is 0.706. The van der Waals surface area contributed by atoms with E-state index in [4.69, 9.17) is 19.4 Å². The first-order valence-corrected chi connectivity index (χ1v) is 23.7. The fourth-order valence-corrected chi connectivity index (χ4v) is 14.7. The van der Waals surface area contributed by atoms with Crippen molar-refractivity contribution in [3.63, 3.8) is 0 Å².